The molecule has 104 valence electrons. The highest BCUT2D eigenvalue weighted by Crippen LogP contribution is 2.31. The first kappa shape index (κ1) is 12.4. The van der Waals surface area contributed by atoms with Crippen LogP contribution in [0.2, 0.25) is 0 Å². The van der Waals surface area contributed by atoms with Crippen LogP contribution in [-0.2, 0) is 13.0 Å². The summed E-state index contributed by atoms with van der Waals surface area (Å²) >= 11 is 1.80. The van der Waals surface area contributed by atoms with Crippen LogP contribution in [0.3, 0.4) is 0 Å². The van der Waals surface area contributed by atoms with Crippen LogP contribution < -0.4 is 5.32 Å². The predicted octanol–water partition coefficient (Wildman–Crippen LogP) is 3.75. The van der Waals surface area contributed by atoms with Crippen LogP contribution in [0.25, 0.3) is 0 Å². The van der Waals surface area contributed by atoms with E-state index in [0.29, 0.717) is 6.04 Å². The molecule has 2 nitrogen and oxygen atoms in total. The second kappa shape index (κ2) is 5.23. The molecule has 1 aromatic carbocycles. The molecule has 0 amide bonds. The highest BCUT2D eigenvalue weighted by molar-refractivity contribution is 7.07. The van der Waals surface area contributed by atoms with Crippen LogP contribution in [0.15, 0.2) is 41.1 Å². The summed E-state index contributed by atoms with van der Waals surface area (Å²) in [6.45, 7) is 2.28. The van der Waals surface area contributed by atoms with Gasteiger partial charge in [-0.05, 0) is 53.3 Å². The van der Waals surface area contributed by atoms with Gasteiger partial charge in [-0.25, -0.2) is 0 Å². The summed E-state index contributed by atoms with van der Waals surface area (Å²) in [5.74, 6) is 0. The molecule has 2 heterocycles. The number of hydrogen-bond donors (Lipinski definition) is 1. The Kier molecular flexibility index (Phi) is 3.25. The van der Waals surface area contributed by atoms with Gasteiger partial charge in [-0.3, -0.25) is 4.90 Å². The van der Waals surface area contributed by atoms with Gasteiger partial charge in [0.05, 0.1) is 0 Å². The smallest absolute Gasteiger partial charge is 0.0429 e. The lowest BCUT2D eigenvalue weighted by Gasteiger charge is -2.25. The van der Waals surface area contributed by atoms with E-state index in [1.54, 1.807) is 11.3 Å². The number of anilines is 1. The molecule has 1 N–H and O–H groups in total. The van der Waals surface area contributed by atoms with Crippen molar-refractivity contribution < 1.29 is 0 Å². The molecule has 2 aromatic rings. The highest BCUT2D eigenvalue weighted by Gasteiger charge is 2.32. The Morgan fingerprint density at radius 1 is 1.20 bits per heavy atom. The lowest BCUT2D eigenvalue weighted by Crippen LogP contribution is -2.36. The third-order valence-corrected chi connectivity index (χ3v) is 5.06. The van der Waals surface area contributed by atoms with Crippen LogP contribution in [0.1, 0.15) is 24.0 Å². The molecule has 20 heavy (non-hydrogen) atoms. The van der Waals surface area contributed by atoms with Gasteiger partial charge in [-0.15, -0.1) is 0 Å². The number of nitrogens with zero attached hydrogens (tertiary/aromatic N) is 1. The lowest BCUT2D eigenvalue weighted by molar-refractivity contribution is 0.245. The summed E-state index contributed by atoms with van der Waals surface area (Å²) in [4.78, 5) is 2.67. The third-order valence-electron chi connectivity index (χ3n) is 4.33. The Labute approximate surface area is 124 Å². The predicted molar refractivity (Wildman–Crippen MR) is 85.3 cm³/mol. The van der Waals surface area contributed by atoms with Gasteiger partial charge in [0.2, 0.25) is 0 Å². The standard InChI is InChI=1S/C17H20N2S/c1-2-4-17-14(3-1)9-15(18-17)11-19(16-5-6-16)10-13-7-8-20-12-13/h1-4,7-8,12,15-16,18H,5-6,9-11H2. The second-order valence-corrected chi connectivity index (χ2v) is 6.77. The molecular weight excluding hydrogens is 264 g/mol. The molecule has 1 unspecified atom stereocenters. The summed E-state index contributed by atoms with van der Waals surface area (Å²) in [5, 5.41) is 8.16. The number of thiophene rings is 1. The van der Waals surface area contributed by atoms with Gasteiger partial charge in [0.1, 0.15) is 0 Å². The zero-order valence-corrected chi connectivity index (χ0v) is 12.4. The van der Waals surface area contributed by atoms with Crippen molar-refractivity contribution in [3.05, 3.63) is 52.2 Å². The summed E-state index contributed by atoms with van der Waals surface area (Å²) in [6.07, 6.45) is 3.93. The van der Waals surface area contributed by atoms with Crippen LogP contribution in [0.4, 0.5) is 5.69 Å². The minimum Gasteiger partial charge on any atom is -0.380 e. The quantitative estimate of drug-likeness (QED) is 0.899. The molecule has 3 heteroatoms. The van der Waals surface area contributed by atoms with Crippen molar-refractivity contribution >= 4 is 17.0 Å². The molecule has 1 aliphatic carbocycles. The van der Waals surface area contributed by atoms with E-state index >= 15 is 0 Å². The van der Waals surface area contributed by atoms with Crippen molar-refractivity contribution in [1.82, 2.24) is 4.90 Å². The second-order valence-electron chi connectivity index (χ2n) is 5.99. The van der Waals surface area contributed by atoms with E-state index in [-0.39, 0.29) is 0 Å². The molecule has 0 radical (unpaired) electrons. The van der Waals surface area contributed by atoms with Crippen molar-refractivity contribution in [1.29, 1.82) is 0 Å². The van der Waals surface area contributed by atoms with E-state index in [2.05, 4.69) is 51.3 Å². The van der Waals surface area contributed by atoms with Crippen LogP contribution in [0.5, 0.6) is 0 Å². The van der Waals surface area contributed by atoms with Gasteiger partial charge in [-0.2, -0.15) is 11.3 Å². The molecule has 0 spiro atoms. The maximum absolute atomic E-state index is 3.69. The number of fused-ring (bicyclic) bond motifs is 1. The maximum atomic E-state index is 3.69. The number of nitrogens with one attached hydrogen (secondary N) is 1. The van der Waals surface area contributed by atoms with E-state index in [1.807, 2.05) is 0 Å². The zero-order valence-electron chi connectivity index (χ0n) is 11.6. The Bertz CT molecular complexity index is 549. The van der Waals surface area contributed by atoms with Gasteiger partial charge in [-0.1, -0.05) is 18.2 Å². The van der Waals surface area contributed by atoms with Crippen molar-refractivity contribution in [2.45, 2.75) is 37.9 Å². The Morgan fingerprint density at radius 3 is 2.85 bits per heavy atom. The summed E-state index contributed by atoms with van der Waals surface area (Å²) in [6, 6.07) is 12.4. The van der Waals surface area contributed by atoms with Gasteiger partial charge in [0.15, 0.2) is 0 Å². The number of para-hydroxylation sites is 1. The lowest BCUT2D eigenvalue weighted by atomic mass is 10.1. The summed E-state index contributed by atoms with van der Waals surface area (Å²) in [5.41, 5.74) is 4.28. The number of benzene rings is 1. The van der Waals surface area contributed by atoms with Gasteiger partial charge in [0.25, 0.3) is 0 Å². The van der Waals surface area contributed by atoms with Gasteiger partial charge in [0, 0.05) is 30.9 Å². The monoisotopic (exact) mass is 284 g/mol. The minimum atomic E-state index is 0.576. The minimum absolute atomic E-state index is 0.576. The van der Waals surface area contributed by atoms with E-state index in [1.165, 1.54) is 36.1 Å². The molecular formula is C17H20N2S. The van der Waals surface area contributed by atoms with Crippen molar-refractivity contribution in [3.8, 4) is 0 Å². The molecule has 0 bridgehead atoms. The fourth-order valence-electron chi connectivity index (χ4n) is 3.17. The largest absolute Gasteiger partial charge is 0.380 e. The number of rotatable bonds is 5. The third kappa shape index (κ3) is 2.60. The normalized spacial score (nSPS) is 20.9. The molecule has 0 saturated heterocycles. The molecule has 2 aliphatic rings. The molecule has 1 aliphatic heterocycles. The molecule has 1 aromatic heterocycles. The fourth-order valence-corrected chi connectivity index (χ4v) is 3.83. The van der Waals surface area contributed by atoms with Crippen LogP contribution in [0, 0.1) is 0 Å². The van der Waals surface area contributed by atoms with E-state index in [0.717, 1.165) is 19.1 Å². The van der Waals surface area contributed by atoms with E-state index in [4.69, 9.17) is 0 Å². The Balaban J connectivity index is 1.42. The maximum Gasteiger partial charge on any atom is 0.0429 e. The van der Waals surface area contributed by atoms with Crippen molar-refractivity contribution in [2.75, 3.05) is 11.9 Å². The van der Waals surface area contributed by atoms with Gasteiger partial charge < -0.3 is 5.32 Å². The first-order chi connectivity index (χ1) is 9.88. The molecule has 1 saturated carbocycles. The molecule has 1 atom stereocenters. The Morgan fingerprint density at radius 2 is 2.10 bits per heavy atom. The fraction of sp³-hybridized carbons (Fsp3) is 0.412. The van der Waals surface area contributed by atoms with Crippen molar-refractivity contribution in [2.24, 2.45) is 0 Å². The molecule has 4 rings (SSSR count). The average molecular weight is 284 g/mol. The van der Waals surface area contributed by atoms with Crippen molar-refractivity contribution in [3.63, 3.8) is 0 Å². The zero-order chi connectivity index (χ0) is 13.4. The highest BCUT2D eigenvalue weighted by atomic mass is 32.1. The van der Waals surface area contributed by atoms with E-state index < -0.39 is 0 Å². The van der Waals surface area contributed by atoms with Crippen LogP contribution in [-0.4, -0.2) is 23.5 Å². The van der Waals surface area contributed by atoms with Gasteiger partial charge >= 0.3 is 0 Å². The topological polar surface area (TPSA) is 15.3 Å². The summed E-state index contributed by atoms with van der Waals surface area (Å²) in [7, 11) is 0. The van der Waals surface area contributed by atoms with Crippen LogP contribution >= 0.6 is 11.3 Å². The summed E-state index contributed by atoms with van der Waals surface area (Å²) < 4.78 is 0. The Hall–Kier alpha value is -1.32. The SMILES string of the molecule is c1ccc2c(c1)CC(CN(Cc1ccsc1)C1CC1)N2. The number of hydrogen-bond acceptors (Lipinski definition) is 3. The molecule has 1 fully saturated rings. The first-order valence-corrected chi connectivity index (χ1v) is 8.42. The first-order valence-electron chi connectivity index (χ1n) is 7.48. The average Bonchev–Trinajstić information content (AvgIpc) is 3.03. The van der Waals surface area contributed by atoms with E-state index in [9.17, 15) is 0 Å².